The second-order valence-corrected chi connectivity index (χ2v) is 5.88. The molecule has 23 heavy (non-hydrogen) atoms. The predicted octanol–water partition coefficient (Wildman–Crippen LogP) is 4.02. The highest BCUT2D eigenvalue weighted by Gasteiger charge is 2.16. The van der Waals surface area contributed by atoms with Gasteiger partial charge in [-0.1, -0.05) is 12.1 Å². The van der Waals surface area contributed by atoms with Crippen molar-refractivity contribution in [1.82, 2.24) is 0 Å². The fourth-order valence-corrected chi connectivity index (χ4v) is 2.56. The first kappa shape index (κ1) is 17.1. The number of benzene rings is 2. The van der Waals surface area contributed by atoms with E-state index in [2.05, 4.69) is 5.32 Å². The molecule has 0 aliphatic carbocycles. The van der Waals surface area contributed by atoms with Gasteiger partial charge < -0.3 is 10.1 Å². The van der Waals surface area contributed by atoms with E-state index in [1.165, 1.54) is 6.92 Å². The average molecular weight is 329 g/mol. The van der Waals surface area contributed by atoms with E-state index in [0.717, 1.165) is 10.6 Å². The van der Waals surface area contributed by atoms with Crippen molar-refractivity contribution >= 4 is 29.1 Å². The monoisotopic (exact) mass is 329 g/mol. The van der Waals surface area contributed by atoms with Crippen LogP contribution >= 0.6 is 11.8 Å². The molecule has 0 saturated carbocycles. The Bertz CT molecular complexity index is 698. The van der Waals surface area contributed by atoms with E-state index in [4.69, 9.17) is 4.74 Å². The van der Waals surface area contributed by atoms with E-state index in [1.54, 1.807) is 43.0 Å². The van der Waals surface area contributed by atoms with E-state index < -0.39 is 6.10 Å². The highest BCUT2D eigenvalue weighted by molar-refractivity contribution is 7.98. The number of rotatable bonds is 6. The van der Waals surface area contributed by atoms with Crippen molar-refractivity contribution in [3.05, 3.63) is 54.1 Å². The molecule has 0 aliphatic rings. The topological polar surface area (TPSA) is 55.4 Å². The molecule has 2 aromatic rings. The lowest BCUT2D eigenvalue weighted by molar-refractivity contribution is -0.122. The largest absolute Gasteiger partial charge is 0.481 e. The van der Waals surface area contributed by atoms with E-state index >= 15 is 0 Å². The highest BCUT2D eigenvalue weighted by atomic mass is 32.2. The van der Waals surface area contributed by atoms with Crippen molar-refractivity contribution in [2.45, 2.75) is 24.8 Å². The smallest absolute Gasteiger partial charge is 0.265 e. The number of para-hydroxylation sites is 1. The van der Waals surface area contributed by atoms with Crippen molar-refractivity contribution in [3.63, 3.8) is 0 Å². The number of thioether (sulfide) groups is 1. The molecule has 0 fully saturated rings. The van der Waals surface area contributed by atoms with Gasteiger partial charge in [-0.05, 0) is 56.5 Å². The van der Waals surface area contributed by atoms with Gasteiger partial charge in [0.05, 0.1) is 5.69 Å². The summed E-state index contributed by atoms with van der Waals surface area (Å²) in [6, 6.07) is 14.4. The maximum absolute atomic E-state index is 12.3. The standard InChI is InChI=1S/C18H19NO3S/c1-12(20)14-8-10-15(11-9-14)22-13(2)18(21)19-16-6-4-5-7-17(16)23-3/h4-11,13H,1-3H3,(H,19,21). The Hall–Kier alpha value is -2.27. The Labute approximate surface area is 140 Å². The van der Waals surface area contributed by atoms with Crippen LogP contribution in [0.1, 0.15) is 24.2 Å². The summed E-state index contributed by atoms with van der Waals surface area (Å²) in [6.45, 7) is 3.20. The number of carbonyl (C=O) groups excluding carboxylic acids is 2. The third kappa shape index (κ3) is 4.60. The molecular weight excluding hydrogens is 310 g/mol. The number of ether oxygens (including phenoxy) is 1. The summed E-state index contributed by atoms with van der Waals surface area (Å²) in [5.74, 6) is 0.328. The van der Waals surface area contributed by atoms with Gasteiger partial charge in [0.1, 0.15) is 5.75 Å². The quantitative estimate of drug-likeness (QED) is 0.642. The average Bonchev–Trinajstić information content (AvgIpc) is 2.55. The number of hydrogen-bond acceptors (Lipinski definition) is 4. The van der Waals surface area contributed by atoms with Crippen LogP contribution in [0.25, 0.3) is 0 Å². The molecule has 4 nitrogen and oxygen atoms in total. The molecular formula is C18H19NO3S. The maximum Gasteiger partial charge on any atom is 0.265 e. The van der Waals surface area contributed by atoms with Gasteiger partial charge in [0.15, 0.2) is 11.9 Å². The van der Waals surface area contributed by atoms with Crippen molar-refractivity contribution in [2.24, 2.45) is 0 Å². The molecule has 0 spiro atoms. The summed E-state index contributed by atoms with van der Waals surface area (Å²) in [5.41, 5.74) is 1.38. The SMILES string of the molecule is CSc1ccccc1NC(=O)C(C)Oc1ccc(C(C)=O)cc1. The van der Waals surface area contributed by atoms with E-state index in [1.807, 2.05) is 30.5 Å². The number of anilines is 1. The number of ketones is 1. The van der Waals surface area contributed by atoms with Gasteiger partial charge in [-0.2, -0.15) is 0 Å². The zero-order valence-electron chi connectivity index (χ0n) is 13.3. The first-order valence-corrected chi connectivity index (χ1v) is 8.45. The second-order valence-electron chi connectivity index (χ2n) is 5.03. The minimum Gasteiger partial charge on any atom is -0.481 e. The third-order valence-electron chi connectivity index (χ3n) is 3.31. The summed E-state index contributed by atoms with van der Waals surface area (Å²) < 4.78 is 5.63. The lowest BCUT2D eigenvalue weighted by atomic mass is 10.1. The number of amides is 1. The lowest BCUT2D eigenvalue weighted by Gasteiger charge is -2.16. The summed E-state index contributed by atoms with van der Waals surface area (Å²) >= 11 is 1.57. The molecule has 2 rings (SSSR count). The fraction of sp³-hybridized carbons (Fsp3) is 0.222. The molecule has 0 aliphatic heterocycles. The van der Waals surface area contributed by atoms with Gasteiger partial charge in [0, 0.05) is 10.5 Å². The molecule has 0 heterocycles. The molecule has 0 saturated heterocycles. The van der Waals surface area contributed by atoms with E-state index in [-0.39, 0.29) is 11.7 Å². The van der Waals surface area contributed by atoms with Gasteiger partial charge in [0.25, 0.3) is 5.91 Å². The number of carbonyl (C=O) groups is 2. The molecule has 0 aromatic heterocycles. The molecule has 0 bridgehead atoms. The fourth-order valence-electron chi connectivity index (χ4n) is 2.01. The van der Waals surface area contributed by atoms with Crippen LogP contribution in [0.4, 0.5) is 5.69 Å². The Morgan fingerprint density at radius 1 is 1.09 bits per heavy atom. The number of Topliss-reactive ketones (excluding diaryl/α,β-unsaturated/α-hetero) is 1. The van der Waals surface area contributed by atoms with Crippen molar-refractivity contribution in [2.75, 3.05) is 11.6 Å². The molecule has 1 N–H and O–H groups in total. The van der Waals surface area contributed by atoms with Gasteiger partial charge >= 0.3 is 0 Å². The van der Waals surface area contributed by atoms with Crippen LogP contribution in [0.3, 0.4) is 0 Å². The highest BCUT2D eigenvalue weighted by Crippen LogP contribution is 2.25. The Kier molecular flexibility index (Phi) is 5.82. The van der Waals surface area contributed by atoms with Crippen molar-refractivity contribution < 1.29 is 14.3 Å². The minimum absolute atomic E-state index is 0.00369. The predicted molar refractivity (Wildman–Crippen MR) is 93.4 cm³/mol. The molecule has 1 unspecified atom stereocenters. The van der Waals surface area contributed by atoms with Gasteiger partial charge in [-0.3, -0.25) is 9.59 Å². The van der Waals surface area contributed by atoms with E-state index in [0.29, 0.717) is 11.3 Å². The van der Waals surface area contributed by atoms with Crippen LogP contribution in [0.5, 0.6) is 5.75 Å². The summed E-state index contributed by atoms with van der Waals surface area (Å²) in [4.78, 5) is 24.5. The first-order valence-electron chi connectivity index (χ1n) is 7.23. The molecule has 120 valence electrons. The van der Waals surface area contributed by atoms with Crippen molar-refractivity contribution in [1.29, 1.82) is 0 Å². The number of hydrogen-bond donors (Lipinski definition) is 1. The molecule has 0 radical (unpaired) electrons. The van der Waals surface area contributed by atoms with Crippen LogP contribution in [0, 0.1) is 0 Å². The Morgan fingerprint density at radius 3 is 2.35 bits per heavy atom. The molecule has 1 amide bonds. The lowest BCUT2D eigenvalue weighted by Crippen LogP contribution is -2.30. The van der Waals surface area contributed by atoms with E-state index in [9.17, 15) is 9.59 Å². The van der Waals surface area contributed by atoms with Gasteiger partial charge in [-0.25, -0.2) is 0 Å². The summed E-state index contributed by atoms with van der Waals surface area (Å²) in [5, 5.41) is 2.87. The zero-order valence-corrected chi connectivity index (χ0v) is 14.1. The minimum atomic E-state index is -0.645. The Balaban J connectivity index is 2.01. The third-order valence-corrected chi connectivity index (χ3v) is 4.10. The van der Waals surface area contributed by atoms with Gasteiger partial charge in [0.2, 0.25) is 0 Å². The van der Waals surface area contributed by atoms with Crippen LogP contribution in [0.2, 0.25) is 0 Å². The maximum atomic E-state index is 12.3. The van der Waals surface area contributed by atoms with Crippen LogP contribution in [-0.2, 0) is 4.79 Å². The zero-order chi connectivity index (χ0) is 16.8. The van der Waals surface area contributed by atoms with Gasteiger partial charge in [-0.15, -0.1) is 11.8 Å². The molecule has 2 aromatic carbocycles. The molecule has 5 heteroatoms. The van der Waals surface area contributed by atoms with Crippen LogP contribution in [0.15, 0.2) is 53.4 Å². The summed E-state index contributed by atoms with van der Waals surface area (Å²) in [7, 11) is 0. The van der Waals surface area contributed by atoms with Crippen LogP contribution < -0.4 is 10.1 Å². The van der Waals surface area contributed by atoms with Crippen molar-refractivity contribution in [3.8, 4) is 5.75 Å². The second kappa shape index (κ2) is 7.83. The van der Waals surface area contributed by atoms with Crippen LogP contribution in [-0.4, -0.2) is 24.1 Å². The first-order chi connectivity index (χ1) is 11.0. The molecule has 1 atom stereocenters. The Morgan fingerprint density at radius 2 is 1.74 bits per heavy atom. The number of nitrogens with one attached hydrogen (secondary N) is 1. The summed E-state index contributed by atoms with van der Waals surface area (Å²) in [6.07, 6.45) is 1.31. The normalized spacial score (nSPS) is 11.6.